The maximum absolute atomic E-state index is 13.0. The van der Waals surface area contributed by atoms with Gasteiger partial charge in [0.15, 0.2) is 17.1 Å². The highest BCUT2D eigenvalue weighted by atomic mass is 16.3. The van der Waals surface area contributed by atoms with Crippen LogP contribution in [0.25, 0.3) is 39.0 Å². The lowest BCUT2D eigenvalue weighted by atomic mass is 10.1. The van der Waals surface area contributed by atoms with Gasteiger partial charge >= 0.3 is 0 Å². The van der Waals surface area contributed by atoms with Crippen LogP contribution in [-0.4, -0.2) is 35.3 Å². The van der Waals surface area contributed by atoms with Gasteiger partial charge in [-0.1, -0.05) is 55.8 Å². The molecule has 0 aliphatic carbocycles. The van der Waals surface area contributed by atoms with Crippen LogP contribution in [0, 0.1) is 0 Å². The van der Waals surface area contributed by atoms with Crippen LogP contribution in [0.4, 0.5) is 5.95 Å². The highest BCUT2D eigenvalue weighted by molar-refractivity contribution is 5.95. The van der Waals surface area contributed by atoms with E-state index in [0.29, 0.717) is 22.9 Å². The lowest BCUT2D eigenvalue weighted by molar-refractivity contribution is -0.115. The molecule has 0 radical (unpaired) electrons. The van der Waals surface area contributed by atoms with Crippen LogP contribution in [0.2, 0.25) is 0 Å². The zero-order valence-corrected chi connectivity index (χ0v) is 19.2. The second-order valence-corrected chi connectivity index (χ2v) is 8.47. The Hall–Kier alpha value is -4.53. The molecule has 0 saturated heterocycles. The van der Waals surface area contributed by atoms with Gasteiger partial charge in [0.2, 0.25) is 17.7 Å². The number of amides is 1. The Morgan fingerprint density at radius 1 is 1.03 bits per heavy atom. The van der Waals surface area contributed by atoms with Crippen molar-refractivity contribution < 1.29 is 9.21 Å². The number of aromatic nitrogens is 6. The number of anilines is 1. The molecule has 0 spiro atoms. The highest BCUT2D eigenvalue weighted by Crippen LogP contribution is 2.24. The maximum atomic E-state index is 13.0. The lowest BCUT2D eigenvalue weighted by Gasteiger charge is -2.07. The Balaban J connectivity index is 1.37. The van der Waals surface area contributed by atoms with Gasteiger partial charge in [-0.3, -0.25) is 14.8 Å². The topological polar surface area (TPSA) is 103 Å². The van der Waals surface area contributed by atoms with Crippen LogP contribution in [0.3, 0.4) is 0 Å². The molecule has 9 nitrogen and oxygen atoms in total. The summed E-state index contributed by atoms with van der Waals surface area (Å²) in [6.45, 7) is 2.92. The molecule has 0 atom stereocenters. The number of hydrogen-bond donors (Lipinski definition) is 1. The van der Waals surface area contributed by atoms with Gasteiger partial charge in [0.05, 0.1) is 18.1 Å². The Morgan fingerprint density at radius 3 is 2.74 bits per heavy atom. The third kappa shape index (κ3) is 4.01. The van der Waals surface area contributed by atoms with Gasteiger partial charge in [-0.15, -0.1) is 5.10 Å². The first-order valence-corrected chi connectivity index (χ1v) is 11.6. The molecule has 4 heterocycles. The molecule has 0 saturated carbocycles. The minimum absolute atomic E-state index is 0.200. The zero-order valence-electron chi connectivity index (χ0n) is 19.2. The molecule has 174 valence electrons. The smallest absolute Gasteiger partial charge is 0.234 e. The van der Waals surface area contributed by atoms with E-state index in [-0.39, 0.29) is 18.3 Å². The highest BCUT2D eigenvalue weighted by Gasteiger charge is 2.19. The molecule has 1 amide bonds. The summed E-state index contributed by atoms with van der Waals surface area (Å²) < 4.78 is 8.90. The lowest BCUT2D eigenvalue weighted by Crippen LogP contribution is -2.18. The van der Waals surface area contributed by atoms with Crippen molar-refractivity contribution in [1.82, 2.24) is 29.4 Å². The van der Waals surface area contributed by atoms with E-state index >= 15 is 0 Å². The number of fused-ring (bicyclic) bond motifs is 4. The van der Waals surface area contributed by atoms with Crippen molar-refractivity contribution >= 4 is 39.3 Å². The van der Waals surface area contributed by atoms with Gasteiger partial charge in [-0.05, 0) is 34.9 Å². The summed E-state index contributed by atoms with van der Waals surface area (Å²) in [7, 11) is 0. The fraction of sp³-hybridized carbons (Fsp3) is 0.192. The number of nitrogens with zero attached hydrogens (tertiary/aromatic N) is 6. The summed E-state index contributed by atoms with van der Waals surface area (Å²) in [5, 5.41) is 15.1. The van der Waals surface area contributed by atoms with E-state index in [1.807, 2.05) is 47.3 Å². The van der Waals surface area contributed by atoms with Crippen molar-refractivity contribution in [3.05, 3.63) is 72.6 Å². The average Bonchev–Trinajstić information content (AvgIpc) is 3.61. The van der Waals surface area contributed by atoms with Crippen LogP contribution in [0.15, 0.2) is 71.5 Å². The fourth-order valence-electron chi connectivity index (χ4n) is 4.16. The number of carbonyl (C=O) groups excluding carboxylic acids is 1. The number of benzene rings is 2. The molecule has 0 aliphatic rings. The third-order valence-electron chi connectivity index (χ3n) is 5.91. The van der Waals surface area contributed by atoms with Crippen LogP contribution in [0.5, 0.6) is 0 Å². The molecular weight excluding hydrogens is 442 g/mol. The first kappa shape index (κ1) is 21.0. The van der Waals surface area contributed by atoms with Crippen molar-refractivity contribution in [1.29, 1.82) is 0 Å². The molecular formula is C26H23N7O2. The Bertz CT molecular complexity index is 1660. The van der Waals surface area contributed by atoms with Crippen molar-refractivity contribution in [2.75, 3.05) is 5.32 Å². The third-order valence-corrected chi connectivity index (χ3v) is 5.91. The van der Waals surface area contributed by atoms with Crippen LogP contribution in [-0.2, 0) is 17.8 Å². The largest absolute Gasteiger partial charge is 0.461 e. The molecule has 4 aromatic heterocycles. The standard InChI is InChI=1S/C26H23N7O2/c1-2-3-12-32-16-20-23(30-32)29-26(33-25(20)28-24(31-33)21-9-6-13-35-21)27-22(34)15-17-10-11-18-7-4-5-8-19(18)14-17/h4-11,13-14,16H,2-3,12,15H2,1H3,(H,27,29,30,34). The first-order valence-electron chi connectivity index (χ1n) is 11.6. The second-order valence-electron chi connectivity index (χ2n) is 8.47. The van der Waals surface area contributed by atoms with E-state index in [9.17, 15) is 4.79 Å². The number of hydrogen-bond acceptors (Lipinski definition) is 6. The van der Waals surface area contributed by atoms with E-state index in [1.165, 1.54) is 0 Å². The number of aryl methyl sites for hydroxylation is 1. The normalized spacial score (nSPS) is 11.6. The van der Waals surface area contributed by atoms with Crippen molar-refractivity contribution in [2.45, 2.75) is 32.7 Å². The fourth-order valence-corrected chi connectivity index (χ4v) is 4.16. The predicted molar refractivity (Wildman–Crippen MR) is 133 cm³/mol. The minimum Gasteiger partial charge on any atom is -0.461 e. The van der Waals surface area contributed by atoms with Gasteiger partial charge < -0.3 is 4.42 Å². The predicted octanol–water partition coefficient (Wildman–Crippen LogP) is 4.87. The van der Waals surface area contributed by atoms with Gasteiger partial charge in [0.25, 0.3) is 0 Å². The summed E-state index contributed by atoms with van der Waals surface area (Å²) in [6.07, 6.45) is 5.77. The van der Waals surface area contributed by atoms with Gasteiger partial charge in [0, 0.05) is 12.7 Å². The molecule has 9 heteroatoms. The summed E-state index contributed by atoms with van der Waals surface area (Å²) in [4.78, 5) is 22.3. The molecule has 2 aromatic carbocycles. The SMILES string of the molecule is CCCCn1cc2c(nc(NC(=O)Cc3ccc4ccccc4c3)n3nc(-c4ccco4)nc23)n1. The molecule has 0 bridgehead atoms. The van der Waals surface area contributed by atoms with E-state index in [1.54, 1.807) is 22.9 Å². The first-order chi connectivity index (χ1) is 17.2. The monoisotopic (exact) mass is 465 g/mol. The number of carbonyl (C=O) groups is 1. The molecule has 35 heavy (non-hydrogen) atoms. The van der Waals surface area contributed by atoms with Gasteiger partial charge in [-0.2, -0.15) is 14.6 Å². The molecule has 0 fully saturated rings. The Kier molecular flexibility index (Phi) is 5.21. The summed E-state index contributed by atoms with van der Waals surface area (Å²) in [5.74, 6) is 1.02. The molecule has 0 unspecified atom stereocenters. The van der Waals surface area contributed by atoms with E-state index < -0.39 is 0 Å². The van der Waals surface area contributed by atoms with Crippen molar-refractivity contribution in [3.8, 4) is 11.6 Å². The summed E-state index contributed by atoms with van der Waals surface area (Å²) in [5.41, 5.74) is 1.98. The molecule has 6 aromatic rings. The van der Waals surface area contributed by atoms with Crippen molar-refractivity contribution in [2.24, 2.45) is 0 Å². The maximum Gasteiger partial charge on any atom is 0.234 e. The number of unbranched alkanes of at least 4 members (excludes halogenated alkanes) is 1. The minimum atomic E-state index is -0.200. The second kappa shape index (κ2) is 8.68. The van der Waals surface area contributed by atoms with Gasteiger partial charge in [0.1, 0.15) is 0 Å². The summed E-state index contributed by atoms with van der Waals surface area (Å²) >= 11 is 0. The zero-order chi connectivity index (χ0) is 23.8. The molecule has 0 aliphatic heterocycles. The van der Waals surface area contributed by atoms with E-state index in [2.05, 4.69) is 38.5 Å². The number of furan rings is 1. The quantitative estimate of drug-likeness (QED) is 0.361. The number of rotatable bonds is 7. The van der Waals surface area contributed by atoms with E-state index in [4.69, 9.17) is 4.42 Å². The van der Waals surface area contributed by atoms with E-state index in [0.717, 1.165) is 41.1 Å². The van der Waals surface area contributed by atoms with Gasteiger partial charge in [-0.25, -0.2) is 4.98 Å². The van der Waals surface area contributed by atoms with Crippen LogP contribution < -0.4 is 5.32 Å². The molecule has 6 rings (SSSR count). The summed E-state index contributed by atoms with van der Waals surface area (Å²) in [6, 6.07) is 17.7. The average molecular weight is 466 g/mol. The van der Waals surface area contributed by atoms with Crippen LogP contribution in [0.1, 0.15) is 25.3 Å². The number of nitrogens with one attached hydrogen (secondary N) is 1. The van der Waals surface area contributed by atoms with Crippen molar-refractivity contribution in [3.63, 3.8) is 0 Å². The Labute approximate surface area is 200 Å². The van der Waals surface area contributed by atoms with Crippen LogP contribution >= 0.6 is 0 Å². The Morgan fingerprint density at radius 2 is 1.91 bits per heavy atom. The molecule has 1 N–H and O–H groups in total.